The standard InChI is InChI=1S/C19H20F2N2O/c20-16-7-3-13(4-8-16)18(14-5-9-17(21)10-6-14)23-11-1-2-15(12-23)19(22)24/h3-10,15,18H,1-2,11-12H2,(H2,22,24). The number of likely N-dealkylation sites (tertiary alicyclic amines) is 1. The Morgan fingerprint density at radius 2 is 1.50 bits per heavy atom. The van der Waals surface area contributed by atoms with Gasteiger partial charge >= 0.3 is 0 Å². The van der Waals surface area contributed by atoms with E-state index in [4.69, 9.17) is 5.73 Å². The minimum absolute atomic E-state index is 0.159. The third kappa shape index (κ3) is 3.62. The molecule has 0 bridgehead atoms. The van der Waals surface area contributed by atoms with E-state index in [2.05, 4.69) is 4.90 Å². The van der Waals surface area contributed by atoms with Crippen molar-refractivity contribution < 1.29 is 13.6 Å². The zero-order valence-electron chi connectivity index (χ0n) is 13.3. The lowest BCUT2D eigenvalue weighted by molar-refractivity contribution is -0.123. The van der Waals surface area contributed by atoms with Gasteiger partial charge in [0.2, 0.25) is 5.91 Å². The van der Waals surface area contributed by atoms with Crippen molar-refractivity contribution in [2.24, 2.45) is 11.7 Å². The summed E-state index contributed by atoms with van der Waals surface area (Å²) in [6.45, 7) is 1.36. The number of benzene rings is 2. The van der Waals surface area contributed by atoms with Gasteiger partial charge in [0.05, 0.1) is 12.0 Å². The predicted molar refractivity (Wildman–Crippen MR) is 88.1 cm³/mol. The van der Waals surface area contributed by atoms with Crippen molar-refractivity contribution >= 4 is 5.91 Å². The third-order valence-electron chi connectivity index (χ3n) is 4.59. The van der Waals surface area contributed by atoms with Crippen molar-refractivity contribution in [3.63, 3.8) is 0 Å². The van der Waals surface area contributed by atoms with Gasteiger partial charge in [-0.3, -0.25) is 9.69 Å². The first-order valence-corrected chi connectivity index (χ1v) is 8.09. The van der Waals surface area contributed by atoms with E-state index in [9.17, 15) is 13.6 Å². The second-order valence-electron chi connectivity index (χ2n) is 6.24. The normalized spacial score (nSPS) is 18.7. The van der Waals surface area contributed by atoms with E-state index in [1.165, 1.54) is 24.3 Å². The largest absolute Gasteiger partial charge is 0.369 e. The van der Waals surface area contributed by atoms with Crippen LogP contribution in [0.1, 0.15) is 30.0 Å². The van der Waals surface area contributed by atoms with E-state index in [0.717, 1.165) is 30.5 Å². The summed E-state index contributed by atoms with van der Waals surface area (Å²) in [5.74, 6) is -1.09. The Bertz CT molecular complexity index is 655. The lowest BCUT2D eigenvalue weighted by atomic mass is 9.91. The van der Waals surface area contributed by atoms with E-state index >= 15 is 0 Å². The van der Waals surface area contributed by atoms with Crippen LogP contribution in [0.4, 0.5) is 8.78 Å². The van der Waals surface area contributed by atoms with Gasteiger partial charge < -0.3 is 5.73 Å². The number of primary amides is 1. The number of rotatable bonds is 4. The van der Waals surface area contributed by atoms with Crippen LogP contribution < -0.4 is 5.73 Å². The van der Waals surface area contributed by atoms with Gasteiger partial charge in [0, 0.05) is 6.54 Å². The molecule has 3 nitrogen and oxygen atoms in total. The van der Waals surface area contributed by atoms with Crippen LogP contribution in [-0.2, 0) is 4.79 Å². The third-order valence-corrected chi connectivity index (χ3v) is 4.59. The monoisotopic (exact) mass is 330 g/mol. The highest BCUT2D eigenvalue weighted by atomic mass is 19.1. The van der Waals surface area contributed by atoms with Gasteiger partial charge in [-0.2, -0.15) is 0 Å². The molecule has 0 saturated carbocycles. The van der Waals surface area contributed by atoms with Crippen LogP contribution in [0.3, 0.4) is 0 Å². The maximum absolute atomic E-state index is 13.3. The molecule has 1 heterocycles. The van der Waals surface area contributed by atoms with Crippen LogP contribution in [0.15, 0.2) is 48.5 Å². The molecular weight excluding hydrogens is 310 g/mol. The molecule has 1 aliphatic rings. The molecule has 1 amide bonds. The first-order valence-electron chi connectivity index (χ1n) is 8.09. The molecular formula is C19H20F2N2O. The van der Waals surface area contributed by atoms with Gasteiger partial charge in [0.1, 0.15) is 11.6 Å². The molecule has 0 spiro atoms. The number of hydrogen-bond donors (Lipinski definition) is 1. The summed E-state index contributed by atoms with van der Waals surface area (Å²) < 4.78 is 26.6. The Labute approximate surface area is 140 Å². The fraction of sp³-hybridized carbons (Fsp3) is 0.316. The van der Waals surface area contributed by atoms with Crippen LogP contribution in [0.25, 0.3) is 0 Å². The highest BCUT2D eigenvalue weighted by Crippen LogP contribution is 2.32. The molecule has 2 aromatic carbocycles. The van der Waals surface area contributed by atoms with E-state index in [1.807, 2.05) is 0 Å². The highest BCUT2D eigenvalue weighted by molar-refractivity contribution is 5.77. The van der Waals surface area contributed by atoms with Gasteiger partial charge in [-0.15, -0.1) is 0 Å². The smallest absolute Gasteiger partial charge is 0.221 e. The molecule has 3 rings (SSSR count). The molecule has 1 unspecified atom stereocenters. The van der Waals surface area contributed by atoms with E-state index in [0.29, 0.717) is 6.54 Å². The Balaban J connectivity index is 1.96. The van der Waals surface area contributed by atoms with Crippen LogP contribution in [0.5, 0.6) is 0 Å². The summed E-state index contributed by atoms with van der Waals surface area (Å²) in [7, 11) is 0. The first-order chi connectivity index (χ1) is 11.5. The van der Waals surface area contributed by atoms with Crippen LogP contribution in [0, 0.1) is 17.6 Å². The van der Waals surface area contributed by atoms with Crippen molar-refractivity contribution in [2.75, 3.05) is 13.1 Å². The Morgan fingerprint density at radius 1 is 1.00 bits per heavy atom. The van der Waals surface area contributed by atoms with Crippen molar-refractivity contribution in [3.05, 3.63) is 71.3 Å². The molecule has 1 atom stereocenters. The molecule has 2 aromatic rings. The maximum Gasteiger partial charge on any atom is 0.221 e. The number of amides is 1. The van der Waals surface area contributed by atoms with Crippen LogP contribution >= 0.6 is 0 Å². The summed E-state index contributed by atoms with van der Waals surface area (Å²) in [6.07, 6.45) is 1.65. The average Bonchev–Trinajstić information content (AvgIpc) is 2.59. The topological polar surface area (TPSA) is 46.3 Å². The lowest BCUT2D eigenvalue weighted by Crippen LogP contribution is -2.43. The molecule has 0 aliphatic carbocycles. The van der Waals surface area contributed by atoms with Crippen molar-refractivity contribution in [2.45, 2.75) is 18.9 Å². The Morgan fingerprint density at radius 3 is 1.96 bits per heavy atom. The Hall–Kier alpha value is -2.27. The van der Waals surface area contributed by atoms with Gasteiger partial charge in [-0.25, -0.2) is 8.78 Å². The van der Waals surface area contributed by atoms with Gasteiger partial charge in [0.15, 0.2) is 0 Å². The van der Waals surface area contributed by atoms with E-state index in [1.54, 1.807) is 24.3 Å². The number of nitrogens with zero attached hydrogens (tertiary/aromatic N) is 1. The number of halogens is 2. The molecule has 126 valence electrons. The molecule has 24 heavy (non-hydrogen) atoms. The summed E-state index contributed by atoms with van der Waals surface area (Å²) in [4.78, 5) is 13.7. The molecule has 1 saturated heterocycles. The second kappa shape index (κ2) is 7.09. The highest BCUT2D eigenvalue weighted by Gasteiger charge is 2.30. The van der Waals surface area contributed by atoms with Gasteiger partial charge in [-0.1, -0.05) is 24.3 Å². The van der Waals surface area contributed by atoms with E-state index in [-0.39, 0.29) is 29.5 Å². The zero-order valence-corrected chi connectivity index (χ0v) is 13.3. The molecule has 0 radical (unpaired) electrons. The summed E-state index contributed by atoms with van der Waals surface area (Å²) >= 11 is 0. The average molecular weight is 330 g/mol. The number of nitrogens with two attached hydrogens (primary N) is 1. The molecule has 5 heteroatoms. The Kier molecular flexibility index (Phi) is 4.90. The second-order valence-corrected chi connectivity index (χ2v) is 6.24. The summed E-state index contributed by atoms with van der Waals surface area (Å²) in [6, 6.07) is 12.4. The fourth-order valence-electron chi connectivity index (χ4n) is 3.38. The van der Waals surface area contributed by atoms with Crippen molar-refractivity contribution in [3.8, 4) is 0 Å². The molecule has 2 N–H and O–H groups in total. The van der Waals surface area contributed by atoms with Gasteiger partial charge in [0.25, 0.3) is 0 Å². The SMILES string of the molecule is NC(=O)C1CCCN(C(c2ccc(F)cc2)c2ccc(F)cc2)C1. The van der Waals surface area contributed by atoms with Crippen LogP contribution in [-0.4, -0.2) is 23.9 Å². The molecule has 0 aromatic heterocycles. The van der Waals surface area contributed by atoms with Crippen LogP contribution in [0.2, 0.25) is 0 Å². The number of hydrogen-bond acceptors (Lipinski definition) is 2. The molecule has 1 aliphatic heterocycles. The minimum Gasteiger partial charge on any atom is -0.369 e. The summed E-state index contributed by atoms with van der Waals surface area (Å²) in [5.41, 5.74) is 7.30. The maximum atomic E-state index is 13.3. The quantitative estimate of drug-likeness (QED) is 0.935. The zero-order chi connectivity index (χ0) is 17.1. The number of piperidine rings is 1. The van der Waals surface area contributed by atoms with Crippen molar-refractivity contribution in [1.82, 2.24) is 4.90 Å². The van der Waals surface area contributed by atoms with Crippen molar-refractivity contribution in [1.29, 1.82) is 0 Å². The predicted octanol–water partition coefficient (Wildman–Crippen LogP) is 3.25. The fourth-order valence-corrected chi connectivity index (χ4v) is 3.38. The minimum atomic E-state index is -0.301. The lowest BCUT2D eigenvalue weighted by Gasteiger charge is -2.38. The first kappa shape index (κ1) is 16.6. The van der Waals surface area contributed by atoms with Gasteiger partial charge in [-0.05, 0) is 54.8 Å². The molecule has 1 fully saturated rings. The number of carbonyl (C=O) groups excluding carboxylic acids is 1. The summed E-state index contributed by atoms with van der Waals surface area (Å²) in [5, 5.41) is 0. The number of carbonyl (C=O) groups is 1. The van der Waals surface area contributed by atoms with E-state index < -0.39 is 0 Å².